The van der Waals surface area contributed by atoms with Gasteiger partial charge in [0.05, 0.1) is 13.2 Å². The first-order chi connectivity index (χ1) is 9.74. The topological polar surface area (TPSA) is 70.7 Å². The smallest absolute Gasteiger partial charge is 0.383 e. The number of methoxy groups -OCH3 is 1. The highest BCUT2D eigenvalue weighted by Gasteiger charge is 2.62. The van der Waals surface area contributed by atoms with Crippen LogP contribution in [0.15, 0.2) is 0 Å². The van der Waals surface area contributed by atoms with Crippen LogP contribution in [0.5, 0.6) is 0 Å². The third kappa shape index (κ3) is 4.07. The summed E-state index contributed by atoms with van der Waals surface area (Å²) in [5, 5.41) is 5.02. The van der Waals surface area contributed by atoms with E-state index in [0.717, 1.165) is 4.90 Å². The maximum atomic E-state index is 13.2. The Kier molecular flexibility index (Phi) is 5.97. The van der Waals surface area contributed by atoms with Crippen LogP contribution in [0.3, 0.4) is 0 Å². The number of carbonyl (C=O) groups excluding carboxylic acids is 2. The Morgan fingerprint density at radius 2 is 2.10 bits per heavy atom. The monoisotopic (exact) mass is 311 g/mol. The SMILES string of the molecule is COCCNC(=O)CN(C)C(=O)C1(C(F)(F)F)CCNC1. The van der Waals surface area contributed by atoms with Gasteiger partial charge in [-0.3, -0.25) is 9.59 Å². The first-order valence-corrected chi connectivity index (χ1v) is 6.53. The lowest BCUT2D eigenvalue weighted by atomic mass is 9.84. The third-order valence-corrected chi connectivity index (χ3v) is 3.46. The van der Waals surface area contributed by atoms with Crippen LogP contribution in [0.2, 0.25) is 0 Å². The normalized spacial score (nSPS) is 22.1. The molecule has 0 aliphatic carbocycles. The van der Waals surface area contributed by atoms with Crippen LogP contribution < -0.4 is 10.6 Å². The highest BCUT2D eigenvalue weighted by molar-refractivity contribution is 5.88. The summed E-state index contributed by atoms with van der Waals surface area (Å²) in [5.74, 6) is -1.60. The van der Waals surface area contributed by atoms with Crippen molar-refractivity contribution in [1.82, 2.24) is 15.5 Å². The number of rotatable bonds is 6. The lowest BCUT2D eigenvalue weighted by molar-refractivity contribution is -0.221. The van der Waals surface area contributed by atoms with Crippen LogP contribution in [0.25, 0.3) is 0 Å². The molecule has 0 aromatic carbocycles. The van der Waals surface area contributed by atoms with Crippen molar-refractivity contribution < 1.29 is 27.5 Å². The molecule has 1 heterocycles. The molecule has 122 valence electrons. The first kappa shape index (κ1) is 17.7. The number of amides is 2. The van der Waals surface area contributed by atoms with E-state index in [0.29, 0.717) is 6.61 Å². The van der Waals surface area contributed by atoms with Crippen LogP contribution in [-0.2, 0) is 14.3 Å². The van der Waals surface area contributed by atoms with Crippen LogP contribution in [-0.4, -0.2) is 69.8 Å². The largest absolute Gasteiger partial charge is 0.404 e. The molecule has 0 saturated carbocycles. The lowest BCUT2D eigenvalue weighted by Crippen LogP contribution is -2.54. The van der Waals surface area contributed by atoms with Gasteiger partial charge >= 0.3 is 6.18 Å². The van der Waals surface area contributed by atoms with E-state index in [9.17, 15) is 22.8 Å². The summed E-state index contributed by atoms with van der Waals surface area (Å²) < 4.78 is 44.4. The van der Waals surface area contributed by atoms with Gasteiger partial charge in [-0.15, -0.1) is 0 Å². The van der Waals surface area contributed by atoms with Gasteiger partial charge in [0.2, 0.25) is 11.8 Å². The molecular formula is C12H20F3N3O3. The molecule has 0 radical (unpaired) electrons. The Hall–Kier alpha value is -1.35. The molecule has 2 amide bonds. The second-order valence-electron chi connectivity index (χ2n) is 5.01. The predicted octanol–water partition coefficient (Wildman–Crippen LogP) is -0.251. The molecule has 21 heavy (non-hydrogen) atoms. The number of nitrogens with one attached hydrogen (secondary N) is 2. The maximum Gasteiger partial charge on any atom is 0.404 e. The van der Waals surface area contributed by atoms with Gasteiger partial charge in [-0.2, -0.15) is 13.2 Å². The maximum absolute atomic E-state index is 13.2. The molecule has 1 atom stereocenters. The van der Waals surface area contributed by atoms with E-state index in [1.165, 1.54) is 14.2 Å². The first-order valence-electron chi connectivity index (χ1n) is 6.53. The summed E-state index contributed by atoms with van der Waals surface area (Å²) in [4.78, 5) is 24.5. The number of alkyl halides is 3. The predicted molar refractivity (Wildman–Crippen MR) is 68.5 cm³/mol. The number of likely N-dealkylation sites (N-methyl/N-ethyl adjacent to an activating group) is 1. The van der Waals surface area contributed by atoms with E-state index in [1.807, 2.05) is 0 Å². The number of carbonyl (C=O) groups is 2. The van der Waals surface area contributed by atoms with E-state index in [4.69, 9.17) is 4.74 Å². The van der Waals surface area contributed by atoms with Gasteiger partial charge in [0.1, 0.15) is 0 Å². The average Bonchev–Trinajstić information content (AvgIpc) is 2.88. The average molecular weight is 311 g/mol. The molecule has 1 aliphatic heterocycles. The minimum Gasteiger partial charge on any atom is -0.383 e. The Morgan fingerprint density at radius 3 is 2.57 bits per heavy atom. The Morgan fingerprint density at radius 1 is 1.43 bits per heavy atom. The molecule has 2 N–H and O–H groups in total. The fraction of sp³-hybridized carbons (Fsp3) is 0.833. The summed E-state index contributed by atoms with van der Waals surface area (Å²) in [6, 6.07) is 0. The van der Waals surface area contributed by atoms with Gasteiger partial charge in [0, 0.05) is 27.2 Å². The van der Waals surface area contributed by atoms with Crippen molar-refractivity contribution in [1.29, 1.82) is 0 Å². The summed E-state index contributed by atoms with van der Waals surface area (Å²) in [5.41, 5.74) is -2.44. The van der Waals surface area contributed by atoms with Crippen molar-refractivity contribution in [2.75, 3.05) is 46.9 Å². The molecule has 0 aromatic heterocycles. The van der Waals surface area contributed by atoms with Crippen LogP contribution in [0.4, 0.5) is 13.2 Å². The molecule has 0 bridgehead atoms. The van der Waals surface area contributed by atoms with Crippen molar-refractivity contribution in [2.45, 2.75) is 12.6 Å². The summed E-state index contributed by atoms with van der Waals surface area (Å²) >= 11 is 0. The van der Waals surface area contributed by atoms with Gasteiger partial charge in [0.25, 0.3) is 0 Å². The van der Waals surface area contributed by atoms with Gasteiger partial charge in [-0.05, 0) is 13.0 Å². The minimum absolute atomic E-state index is 0.124. The molecule has 1 unspecified atom stereocenters. The highest BCUT2D eigenvalue weighted by atomic mass is 19.4. The summed E-state index contributed by atoms with van der Waals surface area (Å²) in [6.07, 6.45) is -4.96. The molecular weight excluding hydrogens is 291 g/mol. The van der Waals surface area contributed by atoms with Crippen molar-refractivity contribution in [2.24, 2.45) is 5.41 Å². The number of hydrogen-bond donors (Lipinski definition) is 2. The van der Waals surface area contributed by atoms with E-state index in [1.54, 1.807) is 0 Å². The number of hydrogen-bond acceptors (Lipinski definition) is 4. The van der Waals surface area contributed by atoms with Gasteiger partial charge in [-0.1, -0.05) is 0 Å². The van der Waals surface area contributed by atoms with Crippen molar-refractivity contribution in [3.8, 4) is 0 Å². The zero-order chi connectivity index (χ0) is 16.1. The summed E-state index contributed by atoms with van der Waals surface area (Å²) in [7, 11) is 2.66. The van der Waals surface area contributed by atoms with Crippen LogP contribution in [0, 0.1) is 5.41 Å². The molecule has 1 fully saturated rings. The standard InChI is InChI=1S/C12H20F3N3O3/c1-18(7-9(19)17-5-6-21-2)10(20)11(12(13,14)15)3-4-16-8-11/h16H,3-8H2,1-2H3,(H,17,19). The third-order valence-electron chi connectivity index (χ3n) is 3.46. The molecule has 9 heteroatoms. The number of nitrogens with zero attached hydrogens (tertiary/aromatic N) is 1. The van der Waals surface area contributed by atoms with Gasteiger partial charge < -0.3 is 20.3 Å². The molecule has 6 nitrogen and oxygen atoms in total. The van der Waals surface area contributed by atoms with Gasteiger partial charge in [0.15, 0.2) is 5.41 Å². The zero-order valence-corrected chi connectivity index (χ0v) is 12.0. The quantitative estimate of drug-likeness (QED) is 0.664. The molecule has 1 aliphatic rings. The molecule has 0 aromatic rings. The van der Waals surface area contributed by atoms with Crippen molar-refractivity contribution >= 4 is 11.8 Å². The van der Waals surface area contributed by atoms with E-state index in [2.05, 4.69) is 10.6 Å². The summed E-state index contributed by atoms with van der Waals surface area (Å²) in [6.45, 7) is -0.215. The Bertz CT molecular complexity index is 382. The zero-order valence-electron chi connectivity index (χ0n) is 12.0. The second-order valence-corrected chi connectivity index (χ2v) is 5.01. The lowest BCUT2D eigenvalue weighted by Gasteiger charge is -2.33. The number of halogens is 3. The highest BCUT2D eigenvalue weighted by Crippen LogP contribution is 2.44. The fourth-order valence-corrected chi connectivity index (χ4v) is 2.24. The molecule has 1 rings (SSSR count). The van der Waals surface area contributed by atoms with E-state index < -0.39 is 36.5 Å². The van der Waals surface area contributed by atoms with E-state index in [-0.39, 0.29) is 19.5 Å². The van der Waals surface area contributed by atoms with Gasteiger partial charge in [-0.25, -0.2) is 0 Å². The second kappa shape index (κ2) is 7.08. The minimum atomic E-state index is -4.64. The molecule has 1 saturated heterocycles. The van der Waals surface area contributed by atoms with Crippen molar-refractivity contribution in [3.63, 3.8) is 0 Å². The van der Waals surface area contributed by atoms with Crippen LogP contribution in [0.1, 0.15) is 6.42 Å². The number of ether oxygens (including phenoxy) is 1. The van der Waals surface area contributed by atoms with E-state index >= 15 is 0 Å². The Labute approximate surface area is 121 Å². The fourth-order valence-electron chi connectivity index (χ4n) is 2.24. The van der Waals surface area contributed by atoms with Crippen molar-refractivity contribution in [3.05, 3.63) is 0 Å². The molecule has 0 spiro atoms. The van der Waals surface area contributed by atoms with Crippen LogP contribution >= 0.6 is 0 Å². The Balaban J connectivity index is 2.66.